The van der Waals surface area contributed by atoms with Gasteiger partial charge in [-0.1, -0.05) is 30.3 Å². The first kappa shape index (κ1) is 21.0. The Bertz CT molecular complexity index is 1640. The summed E-state index contributed by atoms with van der Waals surface area (Å²) in [4.78, 5) is 9.72. The Morgan fingerprint density at radius 3 is 2.83 bits per heavy atom. The number of allylic oxidation sites excluding steroid dienone is 1. The highest BCUT2D eigenvalue weighted by Gasteiger charge is 2.30. The first-order chi connectivity index (χ1) is 17.7. The Hall–Kier alpha value is -4.33. The molecule has 1 N–H and O–H groups in total. The lowest BCUT2D eigenvalue weighted by Crippen LogP contribution is -2.07. The fourth-order valence-electron chi connectivity index (χ4n) is 5.20. The van der Waals surface area contributed by atoms with E-state index in [-0.39, 0.29) is 0 Å². The number of aromatic amines is 1. The van der Waals surface area contributed by atoms with Gasteiger partial charge in [-0.05, 0) is 83.1 Å². The molecular weight excluding hydrogens is 450 g/mol. The number of benzene rings is 2. The van der Waals surface area contributed by atoms with Crippen molar-refractivity contribution in [3.05, 3.63) is 94.2 Å². The van der Waals surface area contributed by atoms with E-state index in [2.05, 4.69) is 56.4 Å². The van der Waals surface area contributed by atoms with Gasteiger partial charge in [0.2, 0.25) is 0 Å². The zero-order chi connectivity index (χ0) is 24.2. The van der Waals surface area contributed by atoms with Crippen molar-refractivity contribution in [2.75, 3.05) is 0 Å². The number of H-pyrrole nitrogens is 1. The average Bonchev–Trinajstić information content (AvgIpc) is 3.50. The Morgan fingerprint density at radius 1 is 1.11 bits per heavy atom. The predicted molar refractivity (Wildman–Crippen MR) is 136 cm³/mol. The molecule has 8 nitrogen and oxygen atoms in total. The Kier molecular flexibility index (Phi) is 4.73. The average molecular weight is 476 g/mol. The number of ether oxygens (including phenoxy) is 1. The molecule has 1 saturated carbocycles. The first-order valence-electron chi connectivity index (χ1n) is 12.3. The topological polar surface area (TPSA) is 94.4 Å². The van der Waals surface area contributed by atoms with Gasteiger partial charge in [0.15, 0.2) is 11.5 Å². The maximum Gasteiger partial charge on any atom is 0.175 e. The molecule has 178 valence electrons. The normalized spacial score (nSPS) is 16.3. The number of nitrogens with zero attached hydrogens (tertiary/aromatic N) is 6. The molecule has 8 heteroatoms. The van der Waals surface area contributed by atoms with Crippen LogP contribution in [0.2, 0.25) is 0 Å². The van der Waals surface area contributed by atoms with Crippen LogP contribution in [0.4, 0.5) is 0 Å². The molecule has 3 aromatic heterocycles. The summed E-state index contributed by atoms with van der Waals surface area (Å²) in [5, 5.41) is 14.7. The monoisotopic (exact) mass is 475 g/mol. The van der Waals surface area contributed by atoms with Crippen LogP contribution in [0.25, 0.3) is 22.3 Å². The van der Waals surface area contributed by atoms with Crippen LogP contribution in [0.5, 0.6) is 5.75 Å². The maximum atomic E-state index is 6.29. The zero-order valence-electron chi connectivity index (χ0n) is 20.2. The third kappa shape index (κ3) is 3.40. The van der Waals surface area contributed by atoms with Crippen LogP contribution >= 0.6 is 0 Å². The smallest absolute Gasteiger partial charge is 0.175 e. The van der Waals surface area contributed by atoms with Gasteiger partial charge in [-0.2, -0.15) is 0 Å². The molecule has 0 amide bonds. The van der Waals surface area contributed by atoms with Crippen molar-refractivity contribution in [3.63, 3.8) is 0 Å². The molecule has 7 rings (SSSR count). The van der Waals surface area contributed by atoms with Gasteiger partial charge in [0, 0.05) is 23.3 Å². The molecule has 2 aromatic carbocycles. The second kappa shape index (κ2) is 8.12. The minimum absolute atomic E-state index is 0.489. The number of imidazole rings is 1. The molecule has 1 aliphatic carbocycles. The molecular formula is C28H25N7O. The van der Waals surface area contributed by atoms with Crippen LogP contribution in [0, 0.1) is 6.92 Å². The molecule has 0 spiro atoms. The Labute approximate surface area is 208 Å². The van der Waals surface area contributed by atoms with Crippen LogP contribution in [0.15, 0.2) is 54.7 Å². The van der Waals surface area contributed by atoms with Crippen molar-refractivity contribution in [1.29, 1.82) is 0 Å². The minimum atomic E-state index is 0.489. The summed E-state index contributed by atoms with van der Waals surface area (Å²) in [6, 6.07) is 16.8. The van der Waals surface area contributed by atoms with Crippen molar-refractivity contribution in [1.82, 2.24) is 35.2 Å². The van der Waals surface area contributed by atoms with Gasteiger partial charge in [-0.15, -0.1) is 5.10 Å². The summed E-state index contributed by atoms with van der Waals surface area (Å²) in [6.07, 6.45) is 4.28. The molecule has 0 saturated heterocycles. The van der Waals surface area contributed by atoms with Crippen molar-refractivity contribution >= 4 is 22.3 Å². The van der Waals surface area contributed by atoms with E-state index in [1.807, 2.05) is 37.4 Å². The van der Waals surface area contributed by atoms with Gasteiger partial charge in [-0.3, -0.25) is 0 Å². The van der Waals surface area contributed by atoms with Gasteiger partial charge in [0.1, 0.15) is 23.7 Å². The maximum absolute atomic E-state index is 6.29. The third-order valence-electron chi connectivity index (χ3n) is 7.20. The van der Waals surface area contributed by atoms with E-state index in [4.69, 9.17) is 14.7 Å². The number of para-hydroxylation sites is 1. The number of rotatable bonds is 4. The van der Waals surface area contributed by atoms with E-state index in [0.29, 0.717) is 18.3 Å². The van der Waals surface area contributed by atoms with Crippen LogP contribution in [0.3, 0.4) is 0 Å². The molecule has 2 aliphatic rings. The number of hydrogen-bond donors (Lipinski definition) is 1. The lowest BCUT2D eigenvalue weighted by molar-refractivity contribution is 0.307. The Balaban J connectivity index is 1.35. The van der Waals surface area contributed by atoms with Crippen LogP contribution in [-0.4, -0.2) is 35.2 Å². The van der Waals surface area contributed by atoms with Crippen molar-refractivity contribution in [2.45, 2.75) is 45.8 Å². The summed E-state index contributed by atoms with van der Waals surface area (Å²) < 4.78 is 8.60. The van der Waals surface area contributed by atoms with E-state index in [1.54, 1.807) is 0 Å². The highest BCUT2D eigenvalue weighted by Crippen LogP contribution is 2.42. The fraction of sp³-hybridized carbons (Fsp3) is 0.250. The van der Waals surface area contributed by atoms with E-state index < -0.39 is 0 Å². The lowest BCUT2D eigenvalue weighted by atomic mass is 9.89. The zero-order valence-corrected chi connectivity index (χ0v) is 20.2. The highest BCUT2D eigenvalue weighted by atomic mass is 16.5. The third-order valence-corrected chi connectivity index (χ3v) is 7.20. The Morgan fingerprint density at radius 2 is 2.00 bits per heavy atom. The summed E-state index contributed by atoms with van der Waals surface area (Å²) >= 11 is 0. The largest absolute Gasteiger partial charge is 0.488 e. The summed E-state index contributed by atoms with van der Waals surface area (Å²) in [5.74, 6) is 3.19. The minimum Gasteiger partial charge on any atom is -0.488 e. The van der Waals surface area contributed by atoms with Gasteiger partial charge in [0.05, 0.1) is 6.54 Å². The second-order valence-electron chi connectivity index (χ2n) is 9.66. The predicted octanol–water partition coefficient (Wildman–Crippen LogP) is 5.05. The van der Waals surface area contributed by atoms with Crippen LogP contribution in [0.1, 0.15) is 65.1 Å². The van der Waals surface area contributed by atoms with Crippen LogP contribution in [-0.2, 0) is 13.2 Å². The summed E-state index contributed by atoms with van der Waals surface area (Å²) in [7, 11) is 0. The number of aromatic nitrogens is 7. The number of hydrogen-bond acceptors (Lipinski definition) is 6. The van der Waals surface area contributed by atoms with Gasteiger partial charge >= 0.3 is 0 Å². The van der Waals surface area contributed by atoms with E-state index in [0.717, 1.165) is 57.1 Å². The number of aryl methyl sites for hydroxylation is 1. The van der Waals surface area contributed by atoms with Gasteiger partial charge < -0.3 is 9.30 Å². The molecule has 4 heterocycles. The van der Waals surface area contributed by atoms with Crippen LogP contribution < -0.4 is 4.74 Å². The van der Waals surface area contributed by atoms with Gasteiger partial charge in [0.25, 0.3) is 0 Å². The highest BCUT2D eigenvalue weighted by molar-refractivity contribution is 5.99. The van der Waals surface area contributed by atoms with E-state index in [1.165, 1.54) is 24.0 Å². The lowest BCUT2D eigenvalue weighted by Gasteiger charge is -2.15. The molecule has 1 aliphatic heterocycles. The van der Waals surface area contributed by atoms with Gasteiger partial charge in [-0.25, -0.2) is 15.1 Å². The molecule has 0 unspecified atom stereocenters. The molecule has 1 fully saturated rings. The molecule has 0 bridgehead atoms. The molecule has 5 aromatic rings. The van der Waals surface area contributed by atoms with E-state index >= 15 is 0 Å². The molecule has 36 heavy (non-hydrogen) atoms. The second-order valence-corrected chi connectivity index (χ2v) is 9.66. The summed E-state index contributed by atoms with van der Waals surface area (Å²) in [5.41, 5.74) is 9.69. The van der Waals surface area contributed by atoms with Crippen molar-refractivity contribution in [3.8, 4) is 5.75 Å². The fourth-order valence-corrected chi connectivity index (χ4v) is 5.20. The number of pyridine rings is 1. The van der Waals surface area contributed by atoms with Crippen molar-refractivity contribution < 1.29 is 4.74 Å². The molecule has 0 radical (unpaired) electrons. The number of tetrazole rings is 1. The van der Waals surface area contributed by atoms with E-state index in [9.17, 15) is 0 Å². The quantitative estimate of drug-likeness (QED) is 0.391. The van der Waals surface area contributed by atoms with Crippen molar-refractivity contribution in [2.24, 2.45) is 0 Å². The SMILES string of the molecule is C/C(=C1\c2ccc(Cn3c(C4CC4)nc4c(C)ccnc43)cc2COc2ccccc21)c1nnn[nH]1. The number of nitrogens with one attached hydrogen (secondary N) is 1. The first-order valence-corrected chi connectivity index (χ1v) is 12.3. The standard InChI is InChI=1S/C28H25N7O/c1-16-11-12-29-28-25(16)30-27(19-8-9-19)35(28)14-18-7-10-21-20(13-18)15-36-23-6-4-3-5-22(23)24(21)17(2)26-31-33-34-32-26/h3-7,10-13,19H,8-9,14-15H2,1-2H3,(H,31,32,33,34)/b24-17-. The summed E-state index contributed by atoms with van der Waals surface area (Å²) in [6.45, 7) is 5.37. The molecule has 0 atom stereocenters. The number of fused-ring (bicyclic) bond motifs is 3.